The van der Waals surface area contributed by atoms with Crippen LogP contribution in [-0.4, -0.2) is 36.5 Å². The molecule has 2 atom stereocenters. The van der Waals surface area contributed by atoms with Gasteiger partial charge in [0.25, 0.3) is 0 Å². The van der Waals surface area contributed by atoms with E-state index in [0.717, 1.165) is 25.9 Å². The summed E-state index contributed by atoms with van der Waals surface area (Å²) in [6, 6.07) is 0.561. The van der Waals surface area contributed by atoms with Gasteiger partial charge in [-0.05, 0) is 47.6 Å². The van der Waals surface area contributed by atoms with Gasteiger partial charge in [-0.2, -0.15) is 0 Å². The second-order valence-electron chi connectivity index (χ2n) is 6.37. The van der Waals surface area contributed by atoms with Crippen LogP contribution in [0.15, 0.2) is 0 Å². The van der Waals surface area contributed by atoms with Crippen molar-refractivity contribution in [1.82, 2.24) is 5.32 Å². The number of ether oxygens (including phenoxy) is 2. The molecular formula is C13H25NO2. The lowest BCUT2D eigenvalue weighted by Crippen LogP contribution is -2.55. The van der Waals surface area contributed by atoms with Crippen molar-refractivity contribution in [2.24, 2.45) is 0 Å². The number of hydrogen-bond acceptors (Lipinski definition) is 3. The summed E-state index contributed by atoms with van der Waals surface area (Å²) in [6.45, 7) is 9.50. The molecule has 3 nitrogen and oxygen atoms in total. The first kappa shape index (κ1) is 12.3. The molecule has 2 aliphatic rings. The molecule has 2 fully saturated rings. The highest BCUT2D eigenvalue weighted by Gasteiger charge is 2.59. The molecule has 1 spiro atoms. The van der Waals surface area contributed by atoms with Crippen molar-refractivity contribution in [3.8, 4) is 0 Å². The summed E-state index contributed by atoms with van der Waals surface area (Å²) in [5.41, 5.74) is -0.367. The van der Waals surface area contributed by atoms with Gasteiger partial charge >= 0.3 is 0 Å². The van der Waals surface area contributed by atoms with Gasteiger partial charge < -0.3 is 14.8 Å². The van der Waals surface area contributed by atoms with Crippen LogP contribution in [0.3, 0.4) is 0 Å². The Hall–Kier alpha value is -0.120. The van der Waals surface area contributed by atoms with Crippen LogP contribution in [0.1, 0.15) is 47.0 Å². The summed E-state index contributed by atoms with van der Waals surface area (Å²) in [4.78, 5) is 0. The maximum atomic E-state index is 6.17. The summed E-state index contributed by atoms with van der Waals surface area (Å²) >= 11 is 0. The monoisotopic (exact) mass is 227 g/mol. The van der Waals surface area contributed by atoms with E-state index in [-0.39, 0.29) is 16.8 Å². The summed E-state index contributed by atoms with van der Waals surface area (Å²) in [7, 11) is 2.04. The van der Waals surface area contributed by atoms with Gasteiger partial charge in [0.05, 0.1) is 11.2 Å². The van der Waals surface area contributed by atoms with E-state index in [9.17, 15) is 0 Å². The van der Waals surface area contributed by atoms with Gasteiger partial charge in [0.1, 0.15) is 5.60 Å². The van der Waals surface area contributed by atoms with E-state index < -0.39 is 0 Å². The van der Waals surface area contributed by atoms with Crippen LogP contribution in [0.25, 0.3) is 0 Å². The fourth-order valence-corrected chi connectivity index (χ4v) is 3.47. The lowest BCUT2D eigenvalue weighted by Gasteiger charge is -2.45. The number of hydrogen-bond donors (Lipinski definition) is 1. The minimum absolute atomic E-state index is 0.0703. The van der Waals surface area contributed by atoms with E-state index in [1.165, 1.54) is 0 Å². The predicted octanol–water partition coefficient (Wildman–Crippen LogP) is 2.10. The highest BCUT2D eigenvalue weighted by Crippen LogP contribution is 2.51. The third kappa shape index (κ3) is 1.89. The molecule has 1 N–H and O–H groups in total. The lowest BCUT2D eigenvalue weighted by atomic mass is 9.76. The van der Waals surface area contributed by atoms with E-state index in [1.807, 2.05) is 7.05 Å². The van der Waals surface area contributed by atoms with Crippen LogP contribution >= 0.6 is 0 Å². The van der Waals surface area contributed by atoms with Crippen LogP contribution in [0.4, 0.5) is 0 Å². The number of rotatable bonds is 1. The molecule has 0 aliphatic carbocycles. The normalized spacial score (nSPS) is 41.4. The molecule has 0 bridgehead atoms. The van der Waals surface area contributed by atoms with Gasteiger partial charge in [0, 0.05) is 19.1 Å². The van der Waals surface area contributed by atoms with Crippen molar-refractivity contribution in [2.75, 3.05) is 13.7 Å². The van der Waals surface area contributed by atoms with Crippen molar-refractivity contribution >= 4 is 0 Å². The van der Waals surface area contributed by atoms with Crippen LogP contribution < -0.4 is 5.32 Å². The van der Waals surface area contributed by atoms with Crippen LogP contribution in [-0.2, 0) is 9.47 Å². The third-order valence-electron chi connectivity index (χ3n) is 4.17. The van der Waals surface area contributed by atoms with Crippen LogP contribution in [0.2, 0.25) is 0 Å². The minimum Gasteiger partial charge on any atom is -0.372 e. The molecule has 3 heteroatoms. The van der Waals surface area contributed by atoms with Crippen molar-refractivity contribution in [3.05, 3.63) is 0 Å². The first-order chi connectivity index (χ1) is 7.30. The molecule has 2 unspecified atom stereocenters. The van der Waals surface area contributed by atoms with E-state index in [4.69, 9.17) is 9.47 Å². The summed E-state index contributed by atoms with van der Waals surface area (Å²) in [5, 5.41) is 3.38. The molecule has 0 amide bonds. The molecule has 0 saturated carbocycles. The molecule has 0 aromatic carbocycles. The molecule has 2 rings (SSSR count). The quantitative estimate of drug-likeness (QED) is 0.744. The topological polar surface area (TPSA) is 30.5 Å². The Morgan fingerprint density at radius 1 is 1.19 bits per heavy atom. The Labute approximate surface area is 98.9 Å². The van der Waals surface area contributed by atoms with Gasteiger partial charge in [-0.15, -0.1) is 0 Å². The van der Waals surface area contributed by atoms with Gasteiger partial charge in [-0.3, -0.25) is 0 Å². The molecular weight excluding hydrogens is 202 g/mol. The average molecular weight is 227 g/mol. The maximum absolute atomic E-state index is 6.17. The van der Waals surface area contributed by atoms with Crippen molar-refractivity contribution in [2.45, 2.75) is 69.8 Å². The fourth-order valence-electron chi connectivity index (χ4n) is 3.47. The molecule has 94 valence electrons. The molecule has 0 aromatic heterocycles. The van der Waals surface area contributed by atoms with E-state index in [2.05, 4.69) is 33.0 Å². The lowest BCUT2D eigenvalue weighted by molar-refractivity contribution is -0.172. The Balaban J connectivity index is 2.23. The molecule has 2 saturated heterocycles. The van der Waals surface area contributed by atoms with Gasteiger partial charge in [-0.25, -0.2) is 0 Å². The van der Waals surface area contributed by atoms with E-state index in [0.29, 0.717) is 6.04 Å². The largest absolute Gasteiger partial charge is 0.372 e. The van der Waals surface area contributed by atoms with Gasteiger partial charge in [0.15, 0.2) is 0 Å². The zero-order valence-electron chi connectivity index (χ0n) is 11.2. The summed E-state index contributed by atoms with van der Waals surface area (Å²) < 4.78 is 12.3. The fraction of sp³-hybridized carbons (Fsp3) is 1.00. The average Bonchev–Trinajstić information content (AvgIpc) is 2.31. The zero-order chi connectivity index (χ0) is 12.0. The van der Waals surface area contributed by atoms with Crippen molar-refractivity contribution < 1.29 is 9.47 Å². The Morgan fingerprint density at radius 2 is 1.88 bits per heavy atom. The van der Waals surface area contributed by atoms with Crippen molar-refractivity contribution in [3.63, 3.8) is 0 Å². The summed E-state index contributed by atoms with van der Waals surface area (Å²) in [6.07, 6.45) is 3.15. The van der Waals surface area contributed by atoms with Crippen LogP contribution in [0.5, 0.6) is 0 Å². The molecule has 2 heterocycles. The standard InChI is InChI=1S/C13H25NO2/c1-11(2)9-13(12(3,4)16-11)8-10(14-5)6-7-15-13/h10,14H,6-9H2,1-5H3. The van der Waals surface area contributed by atoms with Crippen LogP contribution in [0, 0.1) is 0 Å². The Kier molecular flexibility index (Phi) is 2.84. The number of nitrogens with one attached hydrogen (secondary N) is 1. The zero-order valence-corrected chi connectivity index (χ0v) is 11.2. The Bertz CT molecular complexity index is 275. The first-order valence-corrected chi connectivity index (χ1v) is 6.32. The second kappa shape index (κ2) is 3.69. The van der Waals surface area contributed by atoms with Crippen molar-refractivity contribution in [1.29, 1.82) is 0 Å². The second-order valence-corrected chi connectivity index (χ2v) is 6.37. The van der Waals surface area contributed by atoms with Gasteiger partial charge in [0.2, 0.25) is 0 Å². The van der Waals surface area contributed by atoms with E-state index >= 15 is 0 Å². The maximum Gasteiger partial charge on any atom is 0.101 e. The molecule has 0 aromatic rings. The first-order valence-electron chi connectivity index (χ1n) is 6.32. The smallest absolute Gasteiger partial charge is 0.101 e. The van der Waals surface area contributed by atoms with E-state index in [1.54, 1.807) is 0 Å². The predicted molar refractivity (Wildman–Crippen MR) is 64.6 cm³/mol. The Morgan fingerprint density at radius 3 is 2.38 bits per heavy atom. The third-order valence-corrected chi connectivity index (χ3v) is 4.17. The summed E-state index contributed by atoms with van der Waals surface area (Å²) in [5.74, 6) is 0. The highest BCUT2D eigenvalue weighted by molar-refractivity contribution is 5.10. The van der Waals surface area contributed by atoms with Gasteiger partial charge in [-0.1, -0.05) is 0 Å². The molecule has 0 radical (unpaired) electrons. The molecule has 16 heavy (non-hydrogen) atoms. The SMILES string of the molecule is CNC1CCOC2(C1)CC(C)(C)OC2(C)C. The minimum atomic E-state index is -0.188. The molecule has 2 aliphatic heterocycles. The highest BCUT2D eigenvalue weighted by atomic mass is 16.6.